The summed E-state index contributed by atoms with van der Waals surface area (Å²) >= 11 is 6.05. The van der Waals surface area contributed by atoms with Gasteiger partial charge in [-0.15, -0.1) is 0 Å². The Hall–Kier alpha value is -1.75. The summed E-state index contributed by atoms with van der Waals surface area (Å²) in [4.78, 5) is 25.4. The average molecular weight is 283 g/mol. The molecule has 1 aromatic rings. The number of hydrogen-bond acceptors (Lipinski definition) is 3. The average Bonchev–Trinajstić information content (AvgIpc) is 2.37. The zero-order valence-corrected chi connectivity index (χ0v) is 11.7. The van der Waals surface area contributed by atoms with Crippen molar-refractivity contribution in [3.63, 3.8) is 0 Å². The van der Waals surface area contributed by atoms with E-state index in [1.165, 1.54) is 12.0 Å². The monoisotopic (exact) mass is 282 g/mol. The number of methoxy groups -OCH3 is 1. The van der Waals surface area contributed by atoms with E-state index in [1.807, 2.05) is 0 Å². The van der Waals surface area contributed by atoms with Gasteiger partial charge in [-0.3, -0.25) is 14.5 Å². The second-order valence-electron chi connectivity index (χ2n) is 4.43. The number of benzene rings is 1. The second kappa shape index (κ2) is 5.09. The molecule has 5 nitrogen and oxygen atoms in total. The topological polar surface area (TPSA) is 58.6 Å². The molecule has 2 rings (SSSR count). The van der Waals surface area contributed by atoms with Gasteiger partial charge in [-0.25, -0.2) is 0 Å². The minimum atomic E-state index is -0.562. The number of nitrogens with zero attached hydrogens (tertiary/aromatic N) is 1. The number of piperazine rings is 1. The highest BCUT2D eigenvalue weighted by Gasteiger charge is 2.36. The standard InChI is InChI=1S/C13H15ClN2O3/c1-7-13(18)16(8(2)12(17)15-7)9-4-5-11(19-3)10(14)6-9/h4-8H,1-3H3,(H,15,17). The molecule has 102 valence electrons. The molecule has 0 radical (unpaired) electrons. The van der Waals surface area contributed by atoms with Gasteiger partial charge in [0.05, 0.1) is 12.1 Å². The molecule has 0 bridgehead atoms. The van der Waals surface area contributed by atoms with Crippen molar-refractivity contribution in [2.24, 2.45) is 0 Å². The number of halogens is 1. The van der Waals surface area contributed by atoms with E-state index in [2.05, 4.69) is 5.32 Å². The van der Waals surface area contributed by atoms with Crippen LogP contribution < -0.4 is 15.0 Å². The van der Waals surface area contributed by atoms with Gasteiger partial charge in [0, 0.05) is 5.69 Å². The predicted molar refractivity (Wildman–Crippen MR) is 72.6 cm³/mol. The number of nitrogens with one attached hydrogen (secondary N) is 1. The Labute approximate surface area is 116 Å². The van der Waals surface area contributed by atoms with Crippen molar-refractivity contribution < 1.29 is 14.3 Å². The summed E-state index contributed by atoms with van der Waals surface area (Å²) in [6.45, 7) is 3.33. The van der Waals surface area contributed by atoms with E-state index in [1.54, 1.807) is 32.0 Å². The molecule has 0 saturated carbocycles. The minimum Gasteiger partial charge on any atom is -0.495 e. The molecule has 1 aliphatic rings. The van der Waals surface area contributed by atoms with Gasteiger partial charge >= 0.3 is 0 Å². The first-order chi connectivity index (χ1) is 8.95. The van der Waals surface area contributed by atoms with E-state index >= 15 is 0 Å². The van der Waals surface area contributed by atoms with Crippen LogP contribution in [0.3, 0.4) is 0 Å². The lowest BCUT2D eigenvalue weighted by Gasteiger charge is -2.36. The van der Waals surface area contributed by atoms with E-state index in [9.17, 15) is 9.59 Å². The largest absolute Gasteiger partial charge is 0.495 e. The molecule has 2 atom stereocenters. The maximum absolute atomic E-state index is 12.2. The Kier molecular flexibility index (Phi) is 3.66. The molecule has 6 heteroatoms. The van der Waals surface area contributed by atoms with Crippen LogP contribution in [0.2, 0.25) is 5.02 Å². The van der Waals surface area contributed by atoms with Crippen LogP contribution in [0.5, 0.6) is 5.75 Å². The number of ether oxygens (including phenoxy) is 1. The van der Waals surface area contributed by atoms with Gasteiger partial charge in [0.1, 0.15) is 17.8 Å². The van der Waals surface area contributed by atoms with Crippen molar-refractivity contribution in [2.75, 3.05) is 12.0 Å². The number of anilines is 1. The zero-order valence-electron chi connectivity index (χ0n) is 10.9. The van der Waals surface area contributed by atoms with Crippen LogP contribution in [0.15, 0.2) is 18.2 Å². The van der Waals surface area contributed by atoms with Crippen LogP contribution in [0.4, 0.5) is 5.69 Å². The predicted octanol–water partition coefficient (Wildman–Crippen LogP) is 1.59. The third-order valence-electron chi connectivity index (χ3n) is 3.15. The molecular weight excluding hydrogens is 268 g/mol. The first-order valence-electron chi connectivity index (χ1n) is 5.92. The molecule has 0 spiro atoms. The molecule has 2 unspecified atom stereocenters. The van der Waals surface area contributed by atoms with E-state index in [4.69, 9.17) is 16.3 Å². The number of carbonyl (C=O) groups excluding carboxylic acids is 2. The van der Waals surface area contributed by atoms with Crippen LogP contribution in [0, 0.1) is 0 Å². The van der Waals surface area contributed by atoms with Crippen molar-refractivity contribution in [3.8, 4) is 5.75 Å². The molecule has 1 aromatic carbocycles. The maximum Gasteiger partial charge on any atom is 0.250 e. The van der Waals surface area contributed by atoms with Crippen molar-refractivity contribution in [1.29, 1.82) is 0 Å². The summed E-state index contributed by atoms with van der Waals surface area (Å²) in [6.07, 6.45) is 0. The summed E-state index contributed by atoms with van der Waals surface area (Å²) in [5.74, 6) is 0.187. The SMILES string of the molecule is COc1ccc(N2C(=O)C(C)NC(=O)C2C)cc1Cl. The molecule has 2 amide bonds. The first kappa shape index (κ1) is 13.7. The Morgan fingerprint density at radius 2 is 2.00 bits per heavy atom. The minimum absolute atomic E-state index is 0.159. The highest BCUT2D eigenvalue weighted by Crippen LogP contribution is 2.31. The lowest BCUT2D eigenvalue weighted by molar-refractivity contribution is -0.133. The van der Waals surface area contributed by atoms with Crippen LogP contribution in [0.1, 0.15) is 13.8 Å². The van der Waals surface area contributed by atoms with E-state index in [0.717, 1.165) is 0 Å². The van der Waals surface area contributed by atoms with Crippen LogP contribution in [-0.4, -0.2) is 31.0 Å². The third-order valence-corrected chi connectivity index (χ3v) is 3.44. The zero-order chi connectivity index (χ0) is 14.2. The number of rotatable bonds is 2. The molecule has 1 heterocycles. The third kappa shape index (κ3) is 2.38. The number of hydrogen-bond donors (Lipinski definition) is 1. The number of carbonyl (C=O) groups is 2. The highest BCUT2D eigenvalue weighted by molar-refractivity contribution is 6.32. The summed E-state index contributed by atoms with van der Waals surface area (Å²) in [6, 6.07) is 3.91. The van der Waals surface area contributed by atoms with Gasteiger partial charge < -0.3 is 10.1 Å². The van der Waals surface area contributed by atoms with Crippen molar-refractivity contribution in [2.45, 2.75) is 25.9 Å². The normalized spacial score (nSPS) is 23.3. The molecule has 0 aliphatic carbocycles. The van der Waals surface area contributed by atoms with Gasteiger partial charge in [-0.2, -0.15) is 0 Å². The Morgan fingerprint density at radius 3 is 2.58 bits per heavy atom. The smallest absolute Gasteiger partial charge is 0.250 e. The lowest BCUT2D eigenvalue weighted by atomic mass is 10.1. The Morgan fingerprint density at radius 1 is 1.32 bits per heavy atom. The molecular formula is C13H15ClN2O3. The first-order valence-corrected chi connectivity index (χ1v) is 6.30. The molecule has 1 saturated heterocycles. The van der Waals surface area contributed by atoms with Gasteiger partial charge in [0.25, 0.3) is 0 Å². The molecule has 19 heavy (non-hydrogen) atoms. The summed E-state index contributed by atoms with van der Waals surface area (Å²) in [5, 5.41) is 3.03. The van der Waals surface area contributed by atoms with Crippen LogP contribution >= 0.6 is 11.6 Å². The van der Waals surface area contributed by atoms with Crippen LogP contribution in [-0.2, 0) is 9.59 Å². The number of amides is 2. The fourth-order valence-electron chi connectivity index (χ4n) is 2.07. The van der Waals surface area contributed by atoms with Crippen LogP contribution in [0.25, 0.3) is 0 Å². The molecule has 0 aromatic heterocycles. The molecule has 1 aliphatic heterocycles. The van der Waals surface area contributed by atoms with Crippen molar-refractivity contribution >= 4 is 29.1 Å². The fraction of sp³-hybridized carbons (Fsp3) is 0.385. The fourth-order valence-corrected chi connectivity index (χ4v) is 2.32. The van der Waals surface area contributed by atoms with Crippen molar-refractivity contribution in [3.05, 3.63) is 23.2 Å². The molecule has 1 fully saturated rings. The van der Waals surface area contributed by atoms with Crippen molar-refractivity contribution in [1.82, 2.24) is 5.32 Å². The summed E-state index contributed by atoms with van der Waals surface area (Å²) in [5.41, 5.74) is 0.588. The quantitative estimate of drug-likeness (QED) is 0.896. The van der Waals surface area contributed by atoms with Gasteiger partial charge in [-0.05, 0) is 32.0 Å². The van der Waals surface area contributed by atoms with E-state index in [0.29, 0.717) is 16.5 Å². The van der Waals surface area contributed by atoms with Gasteiger partial charge in [-0.1, -0.05) is 11.6 Å². The second-order valence-corrected chi connectivity index (χ2v) is 4.84. The Balaban J connectivity index is 2.40. The van der Waals surface area contributed by atoms with E-state index < -0.39 is 12.1 Å². The van der Waals surface area contributed by atoms with Gasteiger partial charge in [0.2, 0.25) is 11.8 Å². The lowest BCUT2D eigenvalue weighted by Crippen LogP contribution is -2.61. The van der Waals surface area contributed by atoms with E-state index in [-0.39, 0.29) is 11.8 Å². The summed E-state index contributed by atoms with van der Waals surface area (Å²) < 4.78 is 5.07. The highest BCUT2D eigenvalue weighted by atomic mass is 35.5. The summed E-state index contributed by atoms with van der Waals surface area (Å²) in [7, 11) is 1.52. The Bertz CT molecular complexity index is 533. The molecule has 1 N–H and O–H groups in total. The maximum atomic E-state index is 12.2. The van der Waals surface area contributed by atoms with Gasteiger partial charge in [0.15, 0.2) is 0 Å².